The largest absolute Gasteiger partial charge is 0.447 e. The van der Waals surface area contributed by atoms with Crippen LogP contribution in [0.2, 0.25) is 0 Å². The summed E-state index contributed by atoms with van der Waals surface area (Å²) in [5.41, 5.74) is 2.55. The van der Waals surface area contributed by atoms with E-state index < -0.39 is 0 Å². The summed E-state index contributed by atoms with van der Waals surface area (Å²) >= 11 is 0. The lowest BCUT2D eigenvalue weighted by Crippen LogP contribution is -2.39. The van der Waals surface area contributed by atoms with Gasteiger partial charge in [-0.2, -0.15) is 5.10 Å². The normalized spacial score (nSPS) is 18.9. The molecule has 1 amide bonds. The smallest absolute Gasteiger partial charge is 0.276 e. The minimum absolute atomic E-state index is 0.0330. The number of hydrogen-bond donors (Lipinski definition) is 1. The van der Waals surface area contributed by atoms with Crippen molar-refractivity contribution in [3.05, 3.63) is 35.3 Å². The molecule has 2 aromatic rings. The first-order valence-corrected chi connectivity index (χ1v) is 7.80. The minimum atomic E-state index is -0.0330. The predicted octanol–water partition coefficient (Wildman–Crippen LogP) is 2.85. The lowest BCUT2D eigenvalue weighted by atomic mass is 9.94. The Bertz CT molecular complexity index is 659. The minimum Gasteiger partial charge on any atom is -0.447 e. The first-order chi connectivity index (χ1) is 10.6. The summed E-state index contributed by atoms with van der Waals surface area (Å²) in [6.07, 6.45) is 3.40. The maximum absolute atomic E-state index is 12.7. The zero-order valence-corrected chi connectivity index (χ0v) is 13.3. The number of carbonyl (C=O) groups is 1. The van der Waals surface area contributed by atoms with Crippen molar-refractivity contribution >= 4 is 5.91 Å². The van der Waals surface area contributed by atoms with Gasteiger partial charge in [-0.1, -0.05) is 13.8 Å². The fourth-order valence-electron chi connectivity index (χ4n) is 3.03. The number of oxazole rings is 1. The third-order valence-corrected chi connectivity index (χ3v) is 4.17. The molecule has 6 nitrogen and oxygen atoms in total. The molecular weight excluding hydrogens is 280 g/mol. The molecule has 0 saturated carbocycles. The molecule has 22 heavy (non-hydrogen) atoms. The van der Waals surface area contributed by atoms with E-state index in [4.69, 9.17) is 4.42 Å². The van der Waals surface area contributed by atoms with E-state index in [2.05, 4.69) is 21.2 Å². The van der Waals surface area contributed by atoms with E-state index in [1.807, 2.05) is 25.7 Å². The summed E-state index contributed by atoms with van der Waals surface area (Å²) in [5, 5.41) is 7.33. The van der Waals surface area contributed by atoms with E-state index in [-0.39, 0.29) is 17.7 Å². The number of piperidine rings is 1. The summed E-state index contributed by atoms with van der Waals surface area (Å²) in [5.74, 6) is 1.07. The summed E-state index contributed by atoms with van der Waals surface area (Å²) in [6, 6.07) is 2.06. The van der Waals surface area contributed by atoms with Gasteiger partial charge in [-0.25, -0.2) is 4.98 Å². The van der Waals surface area contributed by atoms with Gasteiger partial charge in [0.05, 0.1) is 5.69 Å². The number of carbonyl (C=O) groups excluding carboxylic acids is 1. The Morgan fingerprint density at radius 3 is 3.00 bits per heavy atom. The Balaban J connectivity index is 1.77. The fourth-order valence-corrected chi connectivity index (χ4v) is 3.03. The molecule has 3 rings (SSSR count). The summed E-state index contributed by atoms with van der Waals surface area (Å²) in [7, 11) is 0. The highest BCUT2D eigenvalue weighted by atomic mass is 16.3. The lowest BCUT2D eigenvalue weighted by molar-refractivity contribution is 0.0697. The van der Waals surface area contributed by atoms with Crippen LogP contribution >= 0.6 is 0 Å². The Kier molecular flexibility index (Phi) is 4.00. The van der Waals surface area contributed by atoms with Crippen molar-refractivity contribution in [3.8, 4) is 0 Å². The molecule has 118 valence electrons. The quantitative estimate of drug-likeness (QED) is 0.946. The zero-order chi connectivity index (χ0) is 15.7. The topological polar surface area (TPSA) is 75.0 Å². The second kappa shape index (κ2) is 5.94. The molecule has 0 aliphatic carbocycles. The van der Waals surface area contributed by atoms with Crippen LogP contribution in [0.3, 0.4) is 0 Å². The highest BCUT2D eigenvalue weighted by molar-refractivity contribution is 5.93. The first-order valence-electron chi connectivity index (χ1n) is 7.80. The molecular formula is C16H22N4O2. The van der Waals surface area contributed by atoms with Gasteiger partial charge in [-0.3, -0.25) is 9.89 Å². The SMILES string of the molecule is Cc1cc([C@@H]2CCCN(C(=O)c3ncoc3C(C)C)C2)n[nH]1. The van der Waals surface area contributed by atoms with Gasteiger partial charge in [0.25, 0.3) is 5.91 Å². The molecule has 1 N–H and O–H groups in total. The number of amides is 1. The van der Waals surface area contributed by atoms with Crippen LogP contribution in [0.4, 0.5) is 0 Å². The number of likely N-dealkylation sites (tertiary alicyclic amines) is 1. The second-order valence-corrected chi connectivity index (χ2v) is 6.29. The molecule has 1 atom stereocenters. The third-order valence-electron chi connectivity index (χ3n) is 4.17. The van der Waals surface area contributed by atoms with Gasteiger partial charge in [0.15, 0.2) is 12.1 Å². The molecule has 6 heteroatoms. The molecule has 1 aliphatic rings. The van der Waals surface area contributed by atoms with Crippen LogP contribution in [0.5, 0.6) is 0 Å². The van der Waals surface area contributed by atoms with Gasteiger partial charge in [0, 0.05) is 30.6 Å². The Morgan fingerprint density at radius 1 is 1.50 bits per heavy atom. The summed E-state index contributed by atoms with van der Waals surface area (Å²) in [6.45, 7) is 7.45. The average Bonchev–Trinajstić information content (AvgIpc) is 3.15. The number of aryl methyl sites for hydroxylation is 1. The van der Waals surface area contributed by atoms with E-state index >= 15 is 0 Å². The molecule has 0 unspecified atom stereocenters. The molecule has 1 fully saturated rings. The number of aromatic amines is 1. The fraction of sp³-hybridized carbons (Fsp3) is 0.562. The predicted molar refractivity (Wildman–Crippen MR) is 81.8 cm³/mol. The maximum atomic E-state index is 12.7. The van der Waals surface area contributed by atoms with E-state index in [0.29, 0.717) is 18.0 Å². The first kappa shape index (κ1) is 14.8. The van der Waals surface area contributed by atoms with Crippen molar-refractivity contribution in [2.24, 2.45) is 0 Å². The number of nitrogens with zero attached hydrogens (tertiary/aromatic N) is 3. The highest BCUT2D eigenvalue weighted by Gasteiger charge is 2.30. The molecule has 0 aromatic carbocycles. The van der Waals surface area contributed by atoms with Crippen LogP contribution in [0.25, 0.3) is 0 Å². The Hall–Kier alpha value is -2.11. The standard InChI is InChI=1S/C16H22N4O2/c1-10(2)15-14(17-9-22-15)16(21)20-6-4-5-12(8-20)13-7-11(3)18-19-13/h7,9-10,12H,4-6,8H2,1-3H3,(H,18,19)/t12-/m1/s1. The summed E-state index contributed by atoms with van der Waals surface area (Å²) in [4.78, 5) is 18.8. The highest BCUT2D eigenvalue weighted by Crippen LogP contribution is 2.28. The van der Waals surface area contributed by atoms with E-state index in [9.17, 15) is 4.79 Å². The molecule has 0 spiro atoms. The van der Waals surface area contributed by atoms with Gasteiger partial charge in [0.2, 0.25) is 0 Å². The monoisotopic (exact) mass is 302 g/mol. The van der Waals surface area contributed by atoms with Crippen LogP contribution in [0.15, 0.2) is 16.9 Å². The van der Waals surface area contributed by atoms with Crippen molar-refractivity contribution in [2.45, 2.75) is 45.4 Å². The van der Waals surface area contributed by atoms with Crippen LogP contribution in [0.1, 0.15) is 66.2 Å². The van der Waals surface area contributed by atoms with Crippen molar-refractivity contribution in [1.82, 2.24) is 20.1 Å². The second-order valence-electron chi connectivity index (χ2n) is 6.29. The number of rotatable bonds is 3. The lowest BCUT2D eigenvalue weighted by Gasteiger charge is -2.31. The van der Waals surface area contributed by atoms with E-state index in [0.717, 1.165) is 30.8 Å². The van der Waals surface area contributed by atoms with Crippen LogP contribution in [-0.4, -0.2) is 39.1 Å². The number of aromatic nitrogens is 3. The van der Waals surface area contributed by atoms with Crippen LogP contribution in [-0.2, 0) is 0 Å². The molecule has 3 heterocycles. The van der Waals surface area contributed by atoms with Crippen molar-refractivity contribution < 1.29 is 9.21 Å². The average molecular weight is 302 g/mol. The third kappa shape index (κ3) is 2.77. The summed E-state index contributed by atoms with van der Waals surface area (Å²) < 4.78 is 5.38. The van der Waals surface area contributed by atoms with Gasteiger partial charge < -0.3 is 9.32 Å². The van der Waals surface area contributed by atoms with Crippen LogP contribution in [0, 0.1) is 6.92 Å². The number of nitrogens with one attached hydrogen (secondary N) is 1. The van der Waals surface area contributed by atoms with Crippen LogP contribution < -0.4 is 0 Å². The van der Waals surface area contributed by atoms with Gasteiger partial charge in [-0.05, 0) is 25.8 Å². The van der Waals surface area contributed by atoms with E-state index in [1.54, 1.807) is 0 Å². The van der Waals surface area contributed by atoms with Gasteiger partial charge in [-0.15, -0.1) is 0 Å². The van der Waals surface area contributed by atoms with Crippen molar-refractivity contribution in [3.63, 3.8) is 0 Å². The molecule has 1 aliphatic heterocycles. The van der Waals surface area contributed by atoms with Crippen molar-refractivity contribution in [1.29, 1.82) is 0 Å². The molecule has 2 aromatic heterocycles. The Labute approximate surface area is 129 Å². The molecule has 0 radical (unpaired) electrons. The number of H-pyrrole nitrogens is 1. The van der Waals surface area contributed by atoms with Crippen molar-refractivity contribution in [2.75, 3.05) is 13.1 Å². The molecule has 1 saturated heterocycles. The number of hydrogen-bond acceptors (Lipinski definition) is 4. The zero-order valence-electron chi connectivity index (χ0n) is 13.3. The molecule has 0 bridgehead atoms. The maximum Gasteiger partial charge on any atom is 0.276 e. The Morgan fingerprint density at radius 2 is 2.32 bits per heavy atom. The van der Waals surface area contributed by atoms with Gasteiger partial charge in [0.1, 0.15) is 5.76 Å². The van der Waals surface area contributed by atoms with Gasteiger partial charge >= 0.3 is 0 Å². The van der Waals surface area contributed by atoms with E-state index in [1.165, 1.54) is 6.39 Å².